The van der Waals surface area contributed by atoms with Crippen LogP contribution in [0.5, 0.6) is 5.75 Å². The third-order valence-electron chi connectivity index (χ3n) is 9.57. The Bertz CT molecular complexity index is 1130. The van der Waals surface area contributed by atoms with Gasteiger partial charge in [0.15, 0.2) is 5.60 Å². The summed E-state index contributed by atoms with van der Waals surface area (Å²) in [6.45, 7) is 4.96. The Balaban J connectivity index is 1.58. The van der Waals surface area contributed by atoms with Gasteiger partial charge in [-0.3, -0.25) is 14.5 Å². The number of rotatable bonds is 6. The quantitative estimate of drug-likeness (QED) is 0.475. The number of methoxy groups -OCH3 is 1. The molecule has 1 N–H and O–H groups in total. The Morgan fingerprint density at radius 2 is 2.00 bits per heavy atom. The number of carbonyl (C=O) groups is 2. The molecular formula is C28H36N2O6. The first kappa shape index (κ1) is 23.8. The fourth-order valence-electron chi connectivity index (χ4n) is 8.23. The number of hydrogen-bond donors (Lipinski definition) is 1. The molecule has 1 aromatic rings. The Labute approximate surface area is 212 Å². The second kappa shape index (κ2) is 7.96. The number of anilines is 1. The van der Waals surface area contributed by atoms with Gasteiger partial charge >= 0.3 is 11.9 Å². The van der Waals surface area contributed by atoms with Crippen molar-refractivity contribution in [3.05, 3.63) is 35.9 Å². The monoisotopic (exact) mass is 496 g/mol. The van der Waals surface area contributed by atoms with Crippen LogP contribution in [0.4, 0.5) is 5.69 Å². The number of carbonyl (C=O) groups excluding carboxylic acids is 2. The van der Waals surface area contributed by atoms with Crippen molar-refractivity contribution in [2.75, 3.05) is 38.8 Å². The zero-order chi connectivity index (χ0) is 25.5. The lowest BCUT2D eigenvalue weighted by Gasteiger charge is -2.64. The van der Waals surface area contributed by atoms with E-state index in [0.29, 0.717) is 6.42 Å². The molecule has 3 heterocycles. The van der Waals surface area contributed by atoms with Gasteiger partial charge in [-0.2, -0.15) is 0 Å². The van der Waals surface area contributed by atoms with Gasteiger partial charge in [-0.05, 0) is 43.9 Å². The molecule has 6 rings (SSSR count). The molecule has 8 heteroatoms. The number of aliphatic hydroxyl groups is 1. The highest BCUT2D eigenvalue weighted by Crippen LogP contribution is 2.67. The first-order chi connectivity index (χ1) is 17.2. The van der Waals surface area contributed by atoms with Gasteiger partial charge in [0.1, 0.15) is 18.5 Å². The second-order valence-electron chi connectivity index (χ2n) is 11.3. The molecule has 0 radical (unpaired) electrons. The van der Waals surface area contributed by atoms with Crippen LogP contribution in [0, 0.1) is 11.3 Å². The third kappa shape index (κ3) is 2.94. The lowest BCUT2D eigenvalue weighted by atomic mass is 9.48. The van der Waals surface area contributed by atoms with Crippen molar-refractivity contribution < 1.29 is 28.9 Å². The molecule has 0 bridgehead atoms. The second-order valence-corrected chi connectivity index (χ2v) is 11.3. The summed E-state index contributed by atoms with van der Waals surface area (Å²) in [5, 5.41) is 12.8. The van der Waals surface area contributed by atoms with Gasteiger partial charge in [-0.25, -0.2) is 0 Å². The maximum atomic E-state index is 12.8. The fourth-order valence-corrected chi connectivity index (χ4v) is 8.23. The first-order valence-electron chi connectivity index (χ1n) is 13.1. The molecule has 5 aliphatic rings. The average molecular weight is 497 g/mol. The predicted octanol–water partition coefficient (Wildman–Crippen LogP) is 2.42. The Morgan fingerprint density at radius 1 is 1.22 bits per heavy atom. The molecule has 36 heavy (non-hydrogen) atoms. The lowest BCUT2D eigenvalue weighted by molar-refractivity contribution is -0.232. The van der Waals surface area contributed by atoms with Crippen molar-refractivity contribution in [1.82, 2.24) is 4.90 Å². The number of hydrogen-bond acceptors (Lipinski definition) is 8. The van der Waals surface area contributed by atoms with Crippen molar-refractivity contribution in [3.8, 4) is 5.75 Å². The van der Waals surface area contributed by atoms with Gasteiger partial charge in [-0.15, -0.1) is 0 Å². The topological polar surface area (TPSA) is 88.5 Å². The summed E-state index contributed by atoms with van der Waals surface area (Å²) in [5.74, 6) is -0.0732. The normalized spacial score (nSPS) is 38.2. The standard InChI is InChI=1S/C28H36N2O6/c1-5-26-11-6-13-30-14-12-27(23(26)30)20-10-9-19(34-4)15-21(20)29(3)24(27)28(33,25(26)36-17(2)31)16-35-22(32)18-7-8-18/h6,9-11,15,18,23-25,33H,5,7-8,12-14,16H2,1-4H3/t23?,24-,25-,26-,27-,28+/m1/s1. The molecule has 2 saturated carbocycles. The van der Waals surface area contributed by atoms with E-state index in [1.165, 1.54) is 12.5 Å². The number of fused-ring (bicyclic) bond motifs is 1. The van der Waals surface area contributed by atoms with Crippen LogP contribution in [-0.2, 0) is 24.5 Å². The molecule has 1 spiro atoms. The number of benzene rings is 1. The van der Waals surface area contributed by atoms with Gasteiger partial charge in [0.2, 0.25) is 0 Å². The van der Waals surface area contributed by atoms with Gasteiger partial charge in [0.25, 0.3) is 0 Å². The van der Waals surface area contributed by atoms with E-state index in [4.69, 9.17) is 14.2 Å². The zero-order valence-corrected chi connectivity index (χ0v) is 21.5. The molecule has 194 valence electrons. The van der Waals surface area contributed by atoms with Crippen molar-refractivity contribution in [3.63, 3.8) is 0 Å². The molecular weight excluding hydrogens is 460 g/mol. The van der Waals surface area contributed by atoms with Gasteiger partial charge in [0.05, 0.1) is 19.1 Å². The van der Waals surface area contributed by atoms with Crippen LogP contribution >= 0.6 is 0 Å². The highest BCUT2D eigenvalue weighted by Gasteiger charge is 2.78. The molecule has 1 aromatic carbocycles. The van der Waals surface area contributed by atoms with E-state index in [1.807, 2.05) is 19.2 Å². The van der Waals surface area contributed by atoms with E-state index in [1.54, 1.807) is 7.11 Å². The Hall–Kier alpha value is -2.58. The summed E-state index contributed by atoms with van der Waals surface area (Å²) in [5.41, 5.74) is -0.531. The maximum absolute atomic E-state index is 12.8. The molecule has 3 aliphatic heterocycles. The predicted molar refractivity (Wildman–Crippen MR) is 133 cm³/mol. The van der Waals surface area contributed by atoms with Crippen molar-refractivity contribution in [2.45, 2.75) is 68.7 Å². The van der Waals surface area contributed by atoms with E-state index in [9.17, 15) is 14.7 Å². The van der Waals surface area contributed by atoms with E-state index in [2.05, 4.69) is 34.9 Å². The minimum absolute atomic E-state index is 0.0193. The van der Waals surface area contributed by atoms with Crippen molar-refractivity contribution in [2.24, 2.45) is 11.3 Å². The van der Waals surface area contributed by atoms with Crippen LogP contribution in [-0.4, -0.2) is 79.6 Å². The lowest BCUT2D eigenvalue weighted by Crippen LogP contribution is -2.80. The number of esters is 2. The summed E-state index contributed by atoms with van der Waals surface area (Å²) in [4.78, 5) is 29.8. The van der Waals surface area contributed by atoms with Crippen molar-refractivity contribution in [1.29, 1.82) is 0 Å². The summed E-state index contributed by atoms with van der Waals surface area (Å²) >= 11 is 0. The molecule has 8 nitrogen and oxygen atoms in total. The van der Waals surface area contributed by atoms with E-state index in [-0.39, 0.29) is 24.5 Å². The fraction of sp³-hybridized carbons (Fsp3) is 0.643. The van der Waals surface area contributed by atoms with Crippen molar-refractivity contribution >= 4 is 17.6 Å². The zero-order valence-electron chi connectivity index (χ0n) is 21.5. The van der Waals surface area contributed by atoms with E-state index in [0.717, 1.165) is 43.8 Å². The van der Waals surface area contributed by atoms with Crippen LogP contribution in [0.3, 0.4) is 0 Å². The average Bonchev–Trinajstić information content (AvgIpc) is 3.61. The molecule has 0 amide bonds. The summed E-state index contributed by atoms with van der Waals surface area (Å²) in [6.07, 6.45) is 6.59. The van der Waals surface area contributed by atoms with Gasteiger partial charge in [0, 0.05) is 49.1 Å². The number of nitrogens with zero attached hydrogens (tertiary/aromatic N) is 2. The van der Waals surface area contributed by atoms with Crippen LogP contribution in [0.15, 0.2) is 30.4 Å². The Morgan fingerprint density at radius 3 is 2.67 bits per heavy atom. The molecule has 2 aliphatic carbocycles. The molecule has 1 saturated heterocycles. The summed E-state index contributed by atoms with van der Waals surface area (Å²) < 4.78 is 17.5. The maximum Gasteiger partial charge on any atom is 0.309 e. The largest absolute Gasteiger partial charge is 0.497 e. The van der Waals surface area contributed by atoms with Crippen LogP contribution < -0.4 is 9.64 Å². The third-order valence-corrected chi connectivity index (χ3v) is 9.57. The van der Waals surface area contributed by atoms with Gasteiger partial charge < -0.3 is 24.2 Å². The minimum Gasteiger partial charge on any atom is -0.497 e. The molecule has 3 fully saturated rings. The summed E-state index contributed by atoms with van der Waals surface area (Å²) in [6, 6.07) is 5.71. The highest BCUT2D eigenvalue weighted by molar-refractivity contribution is 5.75. The highest BCUT2D eigenvalue weighted by atomic mass is 16.6. The summed E-state index contributed by atoms with van der Waals surface area (Å²) in [7, 11) is 3.63. The smallest absolute Gasteiger partial charge is 0.309 e. The van der Waals surface area contributed by atoms with E-state index >= 15 is 0 Å². The van der Waals surface area contributed by atoms with Crippen LogP contribution in [0.25, 0.3) is 0 Å². The van der Waals surface area contributed by atoms with Gasteiger partial charge in [-0.1, -0.05) is 25.1 Å². The SMILES string of the molecule is CC[C@]12C=CCN3CC[C@@]4(c5ccc(OC)cc5N(C)[C@H]4[C@@](O)(COC(=O)C4CC4)[C@@H]1OC(C)=O)C32. The molecule has 6 atom stereocenters. The Kier molecular flexibility index (Phi) is 5.26. The van der Waals surface area contributed by atoms with E-state index < -0.39 is 34.5 Å². The minimum atomic E-state index is -1.62. The first-order valence-corrected chi connectivity index (χ1v) is 13.1. The number of likely N-dealkylation sites (N-methyl/N-ethyl adjacent to an activating group) is 1. The molecule has 1 unspecified atom stereocenters. The van der Waals surface area contributed by atoms with Crippen LogP contribution in [0.1, 0.15) is 45.1 Å². The molecule has 0 aromatic heterocycles. The number of ether oxygens (including phenoxy) is 3. The van der Waals surface area contributed by atoms with Crippen LogP contribution in [0.2, 0.25) is 0 Å².